The van der Waals surface area contributed by atoms with Crippen LogP contribution in [0.3, 0.4) is 0 Å². The molecule has 0 aromatic heterocycles. The minimum absolute atomic E-state index is 0. The molecule has 7 heteroatoms. The van der Waals surface area contributed by atoms with Crippen LogP contribution in [0.4, 0.5) is 0 Å². The number of carbonyl (C=O) groups is 1. The van der Waals surface area contributed by atoms with Crippen molar-refractivity contribution in [1.82, 2.24) is 9.80 Å². The molecule has 5 nitrogen and oxygen atoms in total. The molecule has 1 amide bonds. The summed E-state index contributed by atoms with van der Waals surface area (Å²) in [4.78, 5) is 17.3. The largest absolute Gasteiger partial charge is 0.508 e. The van der Waals surface area contributed by atoms with Crippen molar-refractivity contribution in [3.63, 3.8) is 0 Å². The fraction of sp³-hybridized carbons (Fsp3) is 0.632. The van der Waals surface area contributed by atoms with Crippen LogP contribution in [0.5, 0.6) is 5.75 Å². The first-order valence-corrected chi connectivity index (χ1v) is 9.16. The molecule has 3 N–H and O–H groups in total. The van der Waals surface area contributed by atoms with Crippen molar-refractivity contribution in [2.75, 3.05) is 26.2 Å². The van der Waals surface area contributed by atoms with Crippen LogP contribution in [-0.4, -0.2) is 53.0 Å². The van der Waals surface area contributed by atoms with Gasteiger partial charge >= 0.3 is 0 Å². The van der Waals surface area contributed by atoms with Gasteiger partial charge in [0.05, 0.1) is 5.92 Å². The van der Waals surface area contributed by atoms with Crippen molar-refractivity contribution < 1.29 is 9.90 Å². The van der Waals surface area contributed by atoms with Crippen LogP contribution in [0.1, 0.15) is 24.8 Å². The molecule has 1 aromatic rings. The standard InChI is InChI=1S/C19H27N3O2.2ClH/c20-18-15-5-4-14(11-15)17(18)19(24)22-8-6-21(7-9-22)12-13-2-1-3-16(23)10-13;;/h1-3,10,14-15,17-18,23H,4-9,11-12,20H2;2*1H. The first-order chi connectivity index (χ1) is 11.6. The second kappa shape index (κ2) is 8.79. The predicted octanol–water partition coefficient (Wildman–Crippen LogP) is 2.25. The molecule has 4 atom stereocenters. The van der Waals surface area contributed by atoms with Gasteiger partial charge in [-0.15, -0.1) is 24.8 Å². The smallest absolute Gasteiger partial charge is 0.227 e. The fourth-order valence-corrected chi connectivity index (χ4v) is 4.95. The monoisotopic (exact) mass is 401 g/mol. The molecule has 146 valence electrons. The lowest BCUT2D eigenvalue weighted by Gasteiger charge is -2.38. The summed E-state index contributed by atoms with van der Waals surface area (Å²) in [6.45, 7) is 4.18. The first-order valence-electron chi connectivity index (χ1n) is 9.16. The Labute approximate surface area is 167 Å². The quantitative estimate of drug-likeness (QED) is 0.814. The first kappa shape index (κ1) is 21.3. The van der Waals surface area contributed by atoms with E-state index < -0.39 is 0 Å². The number of phenols is 1. The predicted molar refractivity (Wildman–Crippen MR) is 107 cm³/mol. The van der Waals surface area contributed by atoms with Crippen LogP contribution in [0, 0.1) is 17.8 Å². The number of piperazine rings is 1. The molecule has 2 bridgehead atoms. The summed E-state index contributed by atoms with van der Waals surface area (Å²) in [5, 5.41) is 9.57. The Hall–Kier alpha value is -1.01. The van der Waals surface area contributed by atoms with Crippen LogP contribution in [0.25, 0.3) is 0 Å². The number of rotatable bonds is 3. The molecule has 2 aliphatic carbocycles. The van der Waals surface area contributed by atoms with Gasteiger partial charge in [-0.2, -0.15) is 0 Å². The Morgan fingerprint density at radius 1 is 1.12 bits per heavy atom. The number of benzene rings is 1. The molecule has 26 heavy (non-hydrogen) atoms. The van der Waals surface area contributed by atoms with Crippen LogP contribution < -0.4 is 5.73 Å². The summed E-state index contributed by atoms with van der Waals surface area (Å²) in [5.74, 6) is 1.79. The summed E-state index contributed by atoms with van der Waals surface area (Å²) < 4.78 is 0. The number of aromatic hydroxyl groups is 1. The topological polar surface area (TPSA) is 69.8 Å². The molecule has 4 rings (SSSR count). The number of nitrogens with zero attached hydrogens (tertiary/aromatic N) is 2. The zero-order valence-electron chi connectivity index (χ0n) is 14.9. The van der Waals surface area contributed by atoms with E-state index in [1.165, 1.54) is 12.8 Å². The van der Waals surface area contributed by atoms with E-state index in [9.17, 15) is 9.90 Å². The lowest BCUT2D eigenvalue weighted by atomic mass is 9.84. The number of hydrogen-bond donors (Lipinski definition) is 2. The highest BCUT2D eigenvalue weighted by Gasteiger charge is 2.50. The maximum Gasteiger partial charge on any atom is 0.227 e. The van der Waals surface area contributed by atoms with Gasteiger partial charge in [-0.3, -0.25) is 9.69 Å². The lowest BCUT2D eigenvalue weighted by Crippen LogP contribution is -2.53. The molecule has 1 aromatic carbocycles. The Balaban J connectivity index is 0.00000121. The number of carbonyl (C=O) groups excluding carboxylic acids is 1. The molecule has 3 fully saturated rings. The van der Waals surface area contributed by atoms with Gasteiger partial charge in [0, 0.05) is 38.8 Å². The summed E-state index contributed by atoms with van der Waals surface area (Å²) in [5.41, 5.74) is 7.45. The highest BCUT2D eigenvalue weighted by atomic mass is 35.5. The summed E-state index contributed by atoms with van der Waals surface area (Å²) in [6, 6.07) is 7.50. The summed E-state index contributed by atoms with van der Waals surface area (Å²) >= 11 is 0. The Morgan fingerprint density at radius 3 is 2.42 bits per heavy atom. The van der Waals surface area contributed by atoms with E-state index in [2.05, 4.69) is 4.90 Å². The van der Waals surface area contributed by atoms with Gasteiger partial charge < -0.3 is 15.7 Å². The number of phenolic OH excluding ortho intramolecular Hbond substituents is 1. The highest BCUT2D eigenvalue weighted by Crippen LogP contribution is 2.48. The van der Waals surface area contributed by atoms with Crippen molar-refractivity contribution in [3.05, 3.63) is 29.8 Å². The maximum absolute atomic E-state index is 12.9. The highest BCUT2D eigenvalue weighted by molar-refractivity contribution is 5.85. The van der Waals surface area contributed by atoms with E-state index in [0.29, 0.717) is 23.5 Å². The average molecular weight is 402 g/mol. The van der Waals surface area contributed by atoms with Crippen molar-refractivity contribution >= 4 is 30.7 Å². The molecule has 1 aliphatic heterocycles. The molecular formula is C19H29Cl2N3O2. The number of halogens is 2. The molecule has 1 saturated heterocycles. The molecule has 3 aliphatic rings. The number of hydrogen-bond acceptors (Lipinski definition) is 4. The zero-order chi connectivity index (χ0) is 16.7. The van der Waals surface area contributed by atoms with Crippen LogP contribution in [0.15, 0.2) is 24.3 Å². The third kappa shape index (κ3) is 4.11. The molecule has 0 radical (unpaired) electrons. The molecule has 2 saturated carbocycles. The minimum Gasteiger partial charge on any atom is -0.508 e. The van der Waals surface area contributed by atoms with Crippen molar-refractivity contribution in [2.45, 2.75) is 31.8 Å². The third-order valence-electron chi connectivity index (χ3n) is 6.27. The minimum atomic E-state index is 0. The third-order valence-corrected chi connectivity index (χ3v) is 6.27. The van der Waals surface area contributed by atoms with Gasteiger partial charge in [0.1, 0.15) is 5.75 Å². The number of amides is 1. The van der Waals surface area contributed by atoms with Crippen molar-refractivity contribution in [3.8, 4) is 5.75 Å². The number of fused-ring (bicyclic) bond motifs is 2. The van der Waals surface area contributed by atoms with Gasteiger partial charge in [-0.25, -0.2) is 0 Å². The summed E-state index contributed by atoms with van der Waals surface area (Å²) in [6.07, 6.45) is 3.56. The van der Waals surface area contributed by atoms with E-state index in [-0.39, 0.29) is 36.8 Å². The SMILES string of the molecule is Cl.Cl.NC1C2CCC(C2)C1C(=O)N1CCN(Cc2cccc(O)c2)CC1. The van der Waals surface area contributed by atoms with Gasteiger partial charge in [0.2, 0.25) is 5.91 Å². The molecular weight excluding hydrogens is 373 g/mol. The summed E-state index contributed by atoms with van der Waals surface area (Å²) in [7, 11) is 0. The number of nitrogens with two attached hydrogens (primary N) is 1. The normalized spacial score (nSPS) is 30.6. The van der Waals surface area contributed by atoms with Crippen LogP contribution in [-0.2, 0) is 11.3 Å². The fourth-order valence-electron chi connectivity index (χ4n) is 4.95. The van der Waals surface area contributed by atoms with Gasteiger partial charge in [0.15, 0.2) is 0 Å². The van der Waals surface area contributed by atoms with Crippen LogP contribution in [0.2, 0.25) is 0 Å². The molecule has 0 spiro atoms. The van der Waals surface area contributed by atoms with E-state index in [1.54, 1.807) is 6.07 Å². The van der Waals surface area contributed by atoms with E-state index in [1.807, 2.05) is 23.1 Å². The van der Waals surface area contributed by atoms with Gasteiger partial charge in [0.25, 0.3) is 0 Å². The van der Waals surface area contributed by atoms with Crippen molar-refractivity contribution in [1.29, 1.82) is 0 Å². The van der Waals surface area contributed by atoms with Crippen molar-refractivity contribution in [2.24, 2.45) is 23.5 Å². The zero-order valence-corrected chi connectivity index (χ0v) is 16.6. The van der Waals surface area contributed by atoms with Gasteiger partial charge in [-0.1, -0.05) is 12.1 Å². The van der Waals surface area contributed by atoms with E-state index in [0.717, 1.165) is 44.7 Å². The average Bonchev–Trinajstić information content (AvgIpc) is 3.16. The Bertz CT molecular complexity index is 621. The molecule has 4 unspecified atom stereocenters. The van der Waals surface area contributed by atoms with E-state index in [4.69, 9.17) is 5.73 Å². The van der Waals surface area contributed by atoms with E-state index >= 15 is 0 Å². The maximum atomic E-state index is 12.9. The lowest BCUT2D eigenvalue weighted by molar-refractivity contribution is -0.139. The second-order valence-electron chi connectivity index (χ2n) is 7.71. The van der Waals surface area contributed by atoms with Crippen LogP contribution >= 0.6 is 24.8 Å². The second-order valence-corrected chi connectivity index (χ2v) is 7.71. The Kier molecular flexibility index (Phi) is 7.19. The van der Waals surface area contributed by atoms with Gasteiger partial charge in [-0.05, 0) is 48.8 Å². The molecule has 1 heterocycles. The Morgan fingerprint density at radius 2 is 1.81 bits per heavy atom.